The summed E-state index contributed by atoms with van der Waals surface area (Å²) in [5.41, 5.74) is 13.3. The molecule has 7 N–H and O–H groups in total. The molecule has 0 saturated carbocycles. The van der Waals surface area contributed by atoms with Crippen molar-refractivity contribution in [2.45, 2.75) is 136 Å². The Labute approximate surface area is 382 Å². The second-order valence-corrected chi connectivity index (χ2v) is 19.3. The number of phenols is 1. The van der Waals surface area contributed by atoms with Gasteiger partial charge >= 0.3 is 0 Å². The molecule has 4 heterocycles. The van der Waals surface area contributed by atoms with E-state index in [1.165, 1.54) is 0 Å². The Kier molecular flexibility index (Phi) is 16.8. The number of aromatic nitrogens is 3. The zero-order valence-corrected chi connectivity index (χ0v) is 38.8. The summed E-state index contributed by atoms with van der Waals surface area (Å²) in [5, 5.41) is 38.9. The van der Waals surface area contributed by atoms with Crippen LogP contribution in [0.1, 0.15) is 109 Å². The molecule has 3 atom stereocenters. The number of β-amino-alcohol motifs (C(OH)–C–C–N with tert-alkyl or cyclic N) is 1. The molecule has 0 unspecified atom stereocenters. The van der Waals surface area contributed by atoms with Crippen LogP contribution in [0, 0.1) is 12.3 Å². The molecule has 2 fully saturated rings. The number of rotatable bonds is 20. The van der Waals surface area contributed by atoms with Gasteiger partial charge in [0.25, 0.3) is 0 Å². The van der Waals surface area contributed by atoms with Gasteiger partial charge in [-0.1, -0.05) is 95.9 Å². The number of anilines is 2. The number of amides is 3. The first-order chi connectivity index (χ1) is 30.7. The first kappa shape index (κ1) is 47.9. The SMILES string of the molecule is C=C(NCc1ccc(-c2scnc2C)cc1)[C@H]1C[C@H](O)CN1C(=O)[C@H](NC(=O)CCCCCCCCCC(=O)NC1CCN(c2cc(-c3ccccc3O)nnc2N)CC1)C(C)(C)C. The van der Waals surface area contributed by atoms with Crippen LogP contribution in [0.3, 0.4) is 0 Å². The van der Waals surface area contributed by atoms with Crippen LogP contribution in [-0.2, 0) is 20.9 Å². The van der Waals surface area contributed by atoms with Crippen molar-refractivity contribution in [3.8, 4) is 27.4 Å². The summed E-state index contributed by atoms with van der Waals surface area (Å²) < 4.78 is 0. The molecule has 0 bridgehead atoms. The molecule has 64 heavy (non-hydrogen) atoms. The van der Waals surface area contributed by atoms with Crippen molar-refractivity contribution < 1.29 is 24.6 Å². The lowest BCUT2D eigenvalue weighted by Crippen LogP contribution is -2.56. The van der Waals surface area contributed by atoms with Gasteiger partial charge in [-0.05, 0) is 67.3 Å². The summed E-state index contributed by atoms with van der Waals surface area (Å²) in [6.45, 7) is 14.3. The average Bonchev–Trinajstić information content (AvgIpc) is 3.89. The van der Waals surface area contributed by atoms with Gasteiger partial charge in [0.1, 0.15) is 11.8 Å². The van der Waals surface area contributed by atoms with Crippen molar-refractivity contribution in [1.29, 1.82) is 0 Å². The summed E-state index contributed by atoms with van der Waals surface area (Å²) in [6.07, 6.45) is 8.69. The van der Waals surface area contributed by atoms with Crippen molar-refractivity contribution in [3.63, 3.8) is 0 Å². The van der Waals surface area contributed by atoms with E-state index in [2.05, 4.69) is 66.9 Å². The number of para-hydroxylation sites is 1. The summed E-state index contributed by atoms with van der Waals surface area (Å²) in [6, 6.07) is 16.2. The molecule has 0 spiro atoms. The number of aliphatic hydroxyl groups excluding tert-OH is 1. The number of piperidine rings is 1. The maximum atomic E-state index is 14.1. The first-order valence-corrected chi connectivity index (χ1v) is 23.7. The highest BCUT2D eigenvalue weighted by Crippen LogP contribution is 2.33. The van der Waals surface area contributed by atoms with Gasteiger partial charge in [-0.25, -0.2) is 4.98 Å². The van der Waals surface area contributed by atoms with E-state index in [4.69, 9.17) is 5.73 Å². The fraction of sp³-hybridized carbons (Fsp3) is 0.510. The molecule has 4 aromatic rings. The fourth-order valence-corrected chi connectivity index (χ4v) is 9.42. The van der Waals surface area contributed by atoms with Gasteiger partial charge in [-0.2, -0.15) is 0 Å². The second kappa shape index (κ2) is 22.4. The molecule has 2 saturated heterocycles. The number of nitrogens with one attached hydrogen (secondary N) is 3. The smallest absolute Gasteiger partial charge is 0.246 e. The van der Waals surface area contributed by atoms with E-state index in [1.807, 2.05) is 45.3 Å². The van der Waals surface area contributed by atoms with Crippen molar-refractivity contribution in [3.05, 3.63) is 83.6 Å². The lowest BCUT2D eigenvalue weighted by molar-refractivity contribution is -0.140. The number of thiazole rings is 1. The summed E-state index contributed by atoms with van der Waals surface area (Å²) in [4.78, 5) is 49.4. The number of hydrogen-bond acceptors (Lipinski definition) is 12. The van der Waals surface area contributed by atoms with Crippen LogP contribution in [0.2, 0.25) is 0 Å². The number of likely N-dealkylation sites (tertiary alicyclic amines) is 1. The van der Waals surface area contributed by atoms with Gasteiger partial charge in [0, 0.05) is 62.7 Å². The third-order valence-electron chi connectivity index (χ3n) is 12.4. The fourth-order valence-electron chi connectivity index (χ4n) is 8.61. The largest absolute Gasteiger partial charge is 0.507 e. The number of nitrogens with zero attached hydrogens (tertiary/aromatic N) is 5. The third-order valence-corrected chi connectivity index (χ3v) is 13.3. The van der Waals surface area contributed by atoms with Gasteiger partial charge in [0.2, 0.25) is 17.7 Å². The monoisotopic (exact) mass is 893 g/mol. The number of aryl methyl sites for hydroxylation is 1. The minimum atomic E-state index is -0.747. The predicted molar refractivity (Wildman–Crippen MR) is 254 cm³/mol. The van der Waals surface area contributed by atoms with E-state index in [0.717, 1.165) is 98.3 Å². The van der Waals surface area contributed by atoms with Crippen LogP contribution in [0.5, 0.6) is 5.75 Å². The number of carbonyl (C=O) groups excluding carboxylic acids is 3. The normalized spacial score (nSPS) is 17.3. The van der Waals surface area contributed by atoms with Gasteiger partial charge in [0.15, 0.2) is 5.82 Å². The Morgan fingerprint density at radius 2 is 1.59 bits per heavy atom. The Hall–Kier alpha value is -5.54. The molecule has 15 heteroatoms. The van der Waals surface area contributed by atoms with Crippen molar-refractivity contribution in [1.82, 2.24) is 36.0 Å². The van der Waals surface area contributed by atoms with Crippen molar-refractivity contribution in [2.24, 2.45) is 5.41 Å². The molecule has 6 rings (SSSR count). The van der Waals surface area contributed by atoms with Crippen LogP contribution < -0.4 is 26.6 Å². The molecule has 3 amide bonds. The molecule has 14 nitrogen and oxygen atoms in total. The number of unbranched alkanes of at least 4 members (excludes halogenated alkanes) is 6. The van der Waals surface area contributed by atoms with Crippen LogP contribution in [0.25, 0.3) is 21.7 Å². The number of nitrogen functional groups attached to an aromatic ring is 1. The van der Waals surface area contributed by atoms with Gasteiger partial charge in [-0.15, -0.1) is 21.5 Å². The maximum absolute atomic E-state index is 14.1. The number of carbonyl (C=O) groups is 3. The minimum absolute atomic E-state index is 0.0849. The Balaban J connectivity index is 0.840. The highest BCUT2D eigenvalue weighted by Gasteiger charge is 2.43. The number of hydrogen-bond donors (Lipinski definition) is 6. The van der Waals surface area contributed by atoms with E-state index >= 15 is 0 Å². The molecule has 0 radical (unpaired) electrons. The summed E-state index contributed by atoms with van der Waals surface area (Å²) in [5.74, 6) is 0.206. The Bertz CT molecular complexity index is 2200. The van der Waals surface area contributed by atoms with E-state index in [9.17, 15) is 24.6 Å². The minimum Gasteiger partial charge on any atom is -0.507 e. The second-order valence-electron chi connectivity index (χ2n) is 18.4. The standard InChI is InChI=1S/C49H67N9O5S/c1-32(51-29-34-19-21-35(22-20-34)45-33(2)52-31-64-45)40-27-37(59)30-58(40)48(63)46(49(3,4)5)54-44(62)18-12-10-8-6-7-9-11-17-43(61)53-36-23-25-57(26-24-36)41-28-39(55-56-47(41)50)38-15-13-14-16-42(38)60/h13-16,19-22,28,31,36-37,40,46,51,59-60H,1,6-12,17-18,23-27,29-30H2,2-5H3,(H2,50,56)(H,53,61)(H,54,62)/t37-,40+,46-/m0/s1. The van der Waals surface area contributed by atoms with Crippen LogP contribution in [0.4, 0.5) is 11.5 Å². The average molecular weight is 894 g/mol. The zero-order chi connectivity index (χ0) is 45.8. The molecule has 2 aliphatic heterocycles. The predicted octanol–water partition coefficient (Wildman–Crippen LogP) is 7.26. The van der Waals surface area contributed by atoms with E-state index in [1.54, 1.807) is 34.4 Å². The molecular weight excluding hydrogens is 827 g/mol. The summed E-state index contributed by atoms with van der Waals surface area (Å²) in [7, 11) is 0. The van der Waals surface area contributed by atoms with Gasteiger partial charge in [0.05, 0.1) is 39.6 Å². The van der Waals surface area contributed by atoms with Crippen LogP contribution in [0.15, 0.2) is 72.4 Å². The molecule has 344 valence electrons. The third kappa shape index (κ3) is 13.0. The number of phenolic OH excluding ortho intramolecular Hbond substituents is 1. The zero-order valence-electron chi connectivity index (χ0n) is 37.9. The quantitative estimate of drug-likeness (QED) is 0.0489. The molecule has 2 aromatic carbocycles. The van der Waals surface area contributed by atoms with Gasteiger partial charge < -0.3 is 41.7 Å². The highest BCUT2D eigenvalue weighted by atomic mass is 32.1. The first-order valence-electron chi connectivity index (χ1n) is 22.8. The van der Waals surface area contributed by atoms with Crippen LogP contribution >= 0.6 is 11.3 Å². The van der Waals surface area contributed by atoms with Crippen molar-refractivity contribution >= 4 is 40.6 Å². The molecule has 2 aliphatic rings. The van der Waals surface area contributed by atoms with Gasteiger partial charge in [-0.3, -0.25) is 14.4 Å². The number of aromatic hydroxyl groups is 1. The highest BCUT2D eigenvalue weighted by molar-refractivity contribution is 7.13. The topological polar surface area (TPSA) is 199 Å². The number of benzene rings is 2. The van der Waals surface area contributed by atoms with Crippen molar-refractivity contribution in [2.75, 3.05) is 30.3 Å². The van der Waals surface area contributed by atoms with Crippen LogP contribution in [-0.4, -0.2) is 91.9 Å². The van der Waals surface area contributed by atoms with E-state index in [0.29, 0.717) is 48.6 Å². The number of nitrogens with two attached hydrogens (primary N) is 1. The van der Waals surface area contributed by atoms with E-state index < -0.39 is 23.6 Å². The lowest BCUT2D eigenvalue weighted by atomic mass is 9.85. The maximum Gasteiger partial charge on any atom is 0.246 e. The van der Waals surface area contributed by atoms with E-state index in [-0.39, 0.29) is 36.1 Å². The Morgan fingerprint density at radius 1 is 0.938 bits per heavy atom. The molecule has 2 aromatic heterocycles. The summed E-state index contributed by atoms with van der Waals surface area (Å²) >= 11 is 1.62. The Morgan fingerprint density at radius 3 is 2.23 bits per heavy atom. The lowest BCUT2D eigenvalue weighted by Gasteiger charge is -2.36. The molecular formula is C49H67N9O5S. The molecule has 0 aliphatic carbocycles. The number of aliphatic hydroxyl groups is 1.